The highest BCUT2D eigenvalue weighted by Crippen LogP contribution is 2.24. The van der Waals surface area contributed by atoms with Crippen LogP contribution in [-0.2, 0) is 14.8 Å². The number of halogens is 1. The number of nitrogens with two attached hydrogens (primary N) is 1. The van der Waals surface area contributed by atoms with E-state index in [-0.39, 0.29) is 21.7 Å². The van der Waals surface area contributed by atoms with Gasteiger partial charge in [0.25, 0.3) is 0 Å². The summed E-state index contributed by atoms with van der Waals surface area (Å²) in [4.78, 5) is 3.94. The Balaban J connectivity index is 2.14. The van der Waals surface area contributed by atoms with Crippen LogP contribution in [0.1, 0.15) is 12.8 Å². The first-order valence-corrected chi connectivity index (χ1v) is 8.43. The Morgan fingerprint density at radius 1 is 1.62 bits per heavy atom. The van der Waals surface area contributed by atoms with Crippen LogP contribution in [0.15, 0.2) is 17.2 Å². The first-order valence-electron chi connectivity index (χ1n) is 6.61. The molecule has 0 bridgehead atoms. The zero-order valence-corrected chi connectivity index (χ0v) is 13.3. The summed E-state index contributed by atoms with van der Waals surface area (Å²) in [6, 6.07) is 1.34. The van der Waals surface area contributed by atoms with Crippen LogP contribution in [0.4, 0.5) is 5.82 Å². The lowest BCUT2D eigenvalue weighted by Gasteiger charge is -2.26. The van der Waals surface area contributed by atoms with E-state index in [1.807, 2.05) is 0 Å². The first-order chi connectivity index (χ1) is 9.95. The van der Waals surface area contributed by atoms with Crippen molar-refractivity contribution in [2.24, 2.45) is 11.8 Å². The van der Waals surface area contributed by atoms with E-state index in [4.69, 9.17) is 22.2 Å². The van der Waals surface area contributed by atoms with Gasteiger partial charge in [0, 0.05) is 26.4 Å². The third-order valence-corrected chi connectivity index (χ3v) is 5.51. The SMILES string of the molecule is CN(CC1CCCOC1)S(=O)(=O)c1cnc(NN)c(Cl)c1. The molecule has 1 aliphatic heterocycles. The molecule has 21 heavy (non-hydrogen) atoms. The largest absolute Gasteiger partial charge is 0.381 e. The Morgan fingerprint density at radius 3 is 2.95 bits per heavy atom. The normalized spacial score (nSPS) is 19.7. The molecular formula is C12H19ClN4O3S. The van der Waals surface area contributed by atoms with Crippen LogP contribution in [0.25, 0.3) is 0 Å². The van der Waals surface area contributed by atoms with Gasteiger partial charge in [-0.1, -0.05) is 11.6 Å². The fourth-order valence-corrected chi connectivity index (χ4v) is 3.77. The molecule has 1 fully saturated rings. The molecule has 7 nitrogen and oxygen atoms in total. The molecule has 1 aromatic rings. The highest BCUT2D eigenvalue weighted by atomic mass is 35.5. The molecule has 9 heteroatoms. The molecule has 0 aliphatic carbocycles. The highest BCUT2D eigenvalue weighted by molar-refractivity contribution is 7.89. The predicted octanol–water partition coefficient (Wildman–Crippen LogP) is 1.07. The van der Waals surface area contributed by atoms with E-state index in [2.05, 4.69) is 10.4 Å². The number of ether oxygens (including phenoxy) is 1. The van der Waals surface area contributed by atoms with Crippen LogP contribution >= 0.6 is 11.6 Å². The minimum Gasteiger partial charge on any atom is -0.381 e. The van der Waals surface area contributed by atoms with E-state index in [9.17, 15) is 8.42 Å². The van der Waals surface area contributed by atoms with Crippen molar-refractivity contribution in [2.45, 2.75) is 17.7 Å². The van der Waals surface area contributed by atoms with Gasteiger partial charge in [-0.25, -0.2) is 23.5 Å². The Morgan fingerprint density at radius 2 is 2.38 bits per heavy atom. The minimum atomic E-state index is -3.62. The Bertz CT molecular complexity index is 590. The molecule has 0 saturated carbocycles. The quantitative estimate of drug-likeness (QED) is 0.617. The first kappa shape index (κ1) is 16.4. The lowest BCUT2D eigenvalue weighted by molar-refractivity contribution is 0.0495. The second-order valence-electron chi connectivity index (χ2n) is 5.01. The summed E-state index contributed by atoms with van der Waals surface area (Å²) in [6.07, 6.45) is 3.17. The minimum absolute atomic E-state index is 0.0470. The van der Waals surface area contributed by atoms with Gasteiger partial charge < -0.3 is 10.2 Å². The number of hydrogen-bond donors (Lipinski definition) is 2. The van der Waals surface area contributed by atoms with E-state index in [0.29, 0.717) is 13.2 Å². The predicted molar refractivity (Wildman–Crippen MR) is 80.4 cm³/mol. The van der Waals surface area contributed by atoms with Crippen LogP contribution in [0, 0.1) is 5.92 Å². The number of nitrogens with one attached hydrogen (secondary N) is 1. The van der Waals surface area contributed by atoms with Crippen molar-refractivity contribution < 1.29 is 13.2 Å². The van der Waals surface area contributed by atoms with Crippen LogP contribution in [-0.4, -0.2) is 44.5 Å². The topological polar surface area (TPSA) is 97.5 Å². The number of hydrazine groups is 1. The summed E-state index contributed by atoms with van der Waals surface area (Å²) >= 11 is 5.92. The van der Waals surface area contributed by atoms with Crippen molar-refractivity contribution in [2.75, 3.05) is 32.2 Å². The zero-order chi connectivity index (χ0) is 15.5. The van der Waals surface area contributed by atoms with Crippen molar-refractivity contribution in [1.29, 1.82) is 0 Å². The van der Waals surface area contributed by atoms with Gasteiger partial charge in [-0.05, 0) is 24.8 Å². The molecule has 0 spiro atoms. The molecule has 2 rings (SSSR count). The summed E-state index contributed by atoms with van der Waals surface area (Å²) < 4.78 is 31.7. The number of aromatic nitrogens is 1. The van der Waals surface area contributed by atoms with Gasteiger partial charge in [-0.3, -0.25) is 0 Å². The third kappa shape index (κ3) is 3.83. The van der Waals surface area contributed by atoms with Crippen LogP contribution in [0.5, 0.6) is 0 Å². The van der Waals surface area contributed by atoms with E-state index >= 15 is 0 Å². The fourth-order valence-electron chi connectivity index (χ4n) is 2.26. The van der Waals surface area contributed by atoms with E-state index in [1.54, 1.807) is 7.05 Å². The molecule has 1 atom stereocenters. The third-order valence-electron chi connectivity index (χ3n) is 3.43. The van der Waals surface area contributed by atoms with Crippen molar-refractivity contribution in [3.63, 3.8) is 0 Å². The number of anilines is 1. The van der Waals surface area contributed by atoms with Gasteiger partial charge >= 0.3 is 0 Å². The van der Waals surface area contributed by atoms with E-state index in [0.717, 1.165) is 19.4 Å². The maximum absolute atomic E-state index is 12.5. The van der Waals surface area contributed by atoms with E-state index in [1.165, 1.54) is 16.6 Å². The maximum Gasteiger partial charge on any atom is 0.244 e. The van der Waals surface area contributed by atoms with Crippen molar-refractivity contribution in [1.82, 2.24) is 9.29 Å². The molecule has 1 aliphatic rings. The Kier molecular flexibility index (Phi) is 5.39. The lowest BCUT2D eigenvalue weighted by Crippen LogP contribution is -2.35. The molecule has 0 radical (unpaired) electrons. The monoisotopic (exact) mass is 334 g/mol. The number of sulfonamides is 1. The van der Waals surface area contributed by atoms with E-state index < -0.39 is 10.0 Å². The molecular weight excluding hydrogens is 316 g/mol. The highest BCUT2D eigenvalue weighted by Gasteiger charge is 2.26. The molecule has 2 heterocycles. The molecule has 1 aromatic heterocycles. The molecule has 0 amide bonds. The fraction of sp³-hybridized carbons (Fsp3) is 0.583. The summed E-state index contributed by atoms with van der Waals surface area (Å²) in [5, 5.41) is 0.160. The van der Waals surface area contributed by atoms with Crippen molar-refractivity contribution in [3.05, 3.63) is 17.3 Å². The lowest BCUT2D eigenvalue weighted by atomic mass is 10.0. The van der Waals surface area contributed by atoms with Gasteiger partial charge in [0.1, 0.15) is 4.90 Å². The smallest absolute Gasteiger partial charge is 0.244 e. The number of pyridine rings is 1. The second-order valence-corrected chi connectivity index (χ2v) is 7.47. The molecule has 1 unspecified atom stereocenters. The number of nitrogen functional groups attached to an aromatic ring is 1. The Labute approximate surface area is 129 Å². The number of rotatable bonds is 5. The number of nitrogens with zero attached hydrogens (tertiary/aromatic N) is 2. The molecule has 3 N–H and O–H groups in total. The van der Waals surface area contributed by atoms with Gasteiger partial charge in [-0.2, -0.15) is 0 Å². The molecule has 118 valence electrons. The van der Waals surface area contributed by atoms with Gasteiger partial charge in [0.05, 0.1) is 11.6 Å². The van der Waals surface area contributed by atoms with Crippen LogP contribution < -0.4 is 11.3 Å². The van der Waals surface area contributed by atoms with Crippen LogP contribution in [0.3, 0.4) is 0 Å². The zero-order valence-electron chi connectivity index (χ0n) is 11.8. The maximum atomic E-state index is 12.5. The molecule has 1 saturated heterocycles. The standard InChI is InChI=1S/C12H19ClN4O3S/c1-17(7-9-3-2-4-20-8-9)21(18,19)10-5-11(13)12(16-14)15-6-10/h5-6,9H,2-4,7-8,14H2,1H3,(H,15,16). The average Bonchev–Trinajstić information content (AvgIpc) is 2.48. The van der Waals surface area contributed by atoms with Crippen molar-refractivity contribution in [3.8, 4) is 0 Å². The Hall–Kier alpha value is -0.930. The number of hydrogen-bond acceptors (Lipinski definition) is 6. The van der Waals surface area contributed by atoms with Gasteiger partial charge in [0.2, 0.25) is 10.0 Å². The van der Waals surface area contributed by atoms with Crippen molar-refractivity contribution >= 4 is 27.4 Å². The van der Waals surface area contributed by atoms with Crippen LogP contribution in [0.2, 0.25) is 5.02 Å². The van der Waals surface area contributed by atoms with Gasteiger partial charge in [-0.15, -0.1) is 0 Å². The average molecular weight is 335 g/mol. The van der Waals surface area contributed by atoms with Gasteiger partial charge in [0.15, 0.2) is 5.82 Å². The second kappa shape index (κ2) is 6.89. The summed E-state index contributed by atoms with van der Waals surface area (Å²) in [6.45, 7) is 1.76. The summed E-state index contributed by atoms with van der Waals surface area (Å²) in [5.74, 6) is 5.67. The summed E-state index contributed by atoms with van der Waals surface area (Å²) in [7, 11) is -2.08. The summed E-state index contributed by atoms with van der Waals surface area (Å²) in [5.41, 5.74) is 2.30. The molecule has 0 aromatic carbocycles.